The van der Waals surface area contributed by atoms with Crippen LogP contribution in [0.3, 0.4) is 0 Å². The van der Waals surface area contributed by atoms with Gasteiger partial charge in [-0.25, -0.2) is 12.4 Å². The quantitative estimate of drug-likeness (QED) is 0.244. The van der Waals surface area contributed by atoms with Gasteiger partial charge in [0.2, 0.25) is 0 Å². The number of hydrogen-bond acceptors (Lipinski definition) is 4. The number of oxime groups is 1. The average molecular weight is 400 g/mol. The molecule has 1 aromatic heterocycles. The lowest BCUT2D eigenvalue weighted by molar-refractivity contribution is 0.321. The number of para-hydroxylation sites is 1. The molecule has 3 aromatic carbocycles. The van der Waals surface area contributed by atoms with E-state index in [9.17, 15) is 13.6 Å². The third-order valence-electron chi connectivity index (χ3n) is 4.43. The maximum absolute atomic E-state index is 13.4. The number of hydrogen-bond donors (Lipinski definition) is 1. The van der Waals surface area contributed by atoms with Crippen molar-refractivity contribution in [2.45, 2.75) is 4.90 Å². The lowest BCUT2D eigenvalue weighted by Gasteiger charge is -2.09. The van der Waals surface area contributed by atoms with E-state index in [1.807, 2.05) is 36.4 Å². The Kier molecular flexibility index (Phi) is 4.90. The number of benzene rings is 3. The van der Waals surface area contributed by atoms with Gasteiger partial charge >= 0.3 is 0 Å². The molecule has 29 heavy (non-hydrogen) atoms. The molecule has 1 N–H and O–H groups in total. The second-order valence-corrected chi connectivity index (χ2v) is 8.01. The second kappa shape index (κ2) is 7.66. The van der Waals surface area contributed by atoms with E-state index < -0.39 is 10.0 Å². The summed E-state index contributed by atoms with van der Waals surface area (Å²) in [7, 11) is -3.93. The zero-order valence-corrected chi connectivity index (χ0v) is 16.0. The fourth-order valence-corrected chi connectivity index (χ4v) is 4.67. The van der Waals surface area contributed by atoms with Gasteiger partial charge in [0.25, 0.3) is 10.0 Å². The Balaban J connectivity index is 2.04. The number of fused-ring (bicyclic) bond motifs is 1. The number of nitrogens with zero attached hydrogens (tertiary/aromatic N) is 2. The molecule has 0 fully saturated rings. The molecule has 0 atom stereocenters. The van der Waals surface area contributed by atoms with Crippen molar-refractivity contribution in [1.29, 1.82) is 0 Å². The molecule has 6 heteroatoms. The third-order valence-corrected chi connectivity index (χ3v) is 6.18. The molecule has 0 aliphatic heterocycles. The predicted molar refractivity (Wildman–Crippen MR) is 113 cm³/mol. The van der Waals surface area contributed by atoms with Crippen molar-refractivity contribution < 1.29 is 13.6 Å². The van der Waals surface area contributed by atoms with Crippen molar-refractivity contribution in [3.05, 3.63) is 102 Å². The van der Waals surface area contributed by atoms with Crippen molar-refractivity contribution in [2.75, 3.05) is 0 Å². The highest BCUT2D eigenvalue weighted by molar-refractivity contribution is 7.90. The van der Waals surface area contributed by atoms with E-state index >= 15 is 0 Å². The highest BCUT2D eigenvalue weighted by Crippen LogP contribution is 2.29. The van der Waals surface area contributed by atoms with Gasteiger partial charge in [-0.2, -0.15) is 0 Å². The van der Waals surface area contributed by atoms with Gasteiger partial charge in [-0.05, 0) is 30.3 Å². The zero-order valence-electron chi connectivity index (χ0n) is 15.2. The number of aromatic nitrogens is 1. The minimum Gasteiger partial charge on any atom is -0.411 e. The molecule has 0 saturated heterocycles. The molecule has 0 bridgehead atoms. The summed E-state index contributed by atoms with van der Waals surface area (Å²) in [5, 5.41) is 13.0. The second-order valence-electron chi connectivity index (χ2n) is 6.22. The SMILES string of the molecule is O=S(=O)(c1ccccc1)n1c(/C=N/O)c(C#Cc2ccccc2)c2ccccc21. The maximum atomic E-state index is 13.4. The fourth-order valence-electron chi connectivity index (χ4n) is 3.15. The van der Waals surface area contributed by atoms with Crippen LogP contribution < -0.4 is 0 Å². The van der Waals surface area contributed by atoms with Crippen LogP contribution >= 0.6 is 0 Å². The molecule has 4 rings (SSSR count). The Morgan fingerprint density at radius 3 is 2.14 bits per heavy atom. The van der Waals surface area contributed by atoms with Gasteiger partial charge in [-0.15, -0.1) is 0 Å². The summed E-state index contributed by atoms with van der Waals surface area (Å²) in [4.78, 5) is 0.135. The Labute approximate surface area is 168 Å². The standard InChI is InChI=1S/C23H16N2O3S/c26-24-17-23-21(16-15-18-9-3-1-4-10-18)20-13-7-8-14-22(20)25(23)29(27,28)19-11-5-2-6-12-19/h1-14,17,26H/b24-17+. The highest BCUT2D eigenvalue weighted by atomic mass is 32.2. The molecule has 0 aliphatic rings. The van der Waals surface area contributed by atoms with Crippen molar-refractivity contribution in [2.24, 2.45) is 5.16 Å². The Bertz CT molecular complexity index is 1360. The summed E-state index contributed by atoms with van der Waals surface area (Å²) in [6.45, 7) is 0. The van der Waals surface area contributed by atoms with E-state index in [0.29, 0.717) is 16.5 Å². The molecule has 0 spiro atoms. The van der Waals surface area contributed by atoms with E-state index in [1.54, 1.807) is 36.4 Å². The van der Waals surface area contributed by atoms with Crippen LogP contribution in [0.4, 0.5) is 0 Å². The topological polar surface area (TPSA) is 71.7 Å². The average Bonchev–Trinajstić information content (AvgIpc) is 3.08. The third kappa shape index (κ3) is 3.40. The lowest BCUT2D eigenvalue weighted by atomic mass is 10.1. The van der Waals surface area contributed by atoms with Gasteiger partial charge in [0.05, 0.1) is 27.9 Å². The zero-order chi connectivity index (χ0) is 20.3. The van der Waals surface area contributed by atoms with Crippen molar-refractivity contribution in [3.8, 4) is 11.8 Å². The molecule has 142 valence electrons. The van der Waals surface area contributed by atoms with E-state index in [4.69, 9.17) is 0 Å². The normalized spacial score (nSPS) is 11.4. The van der Waals surface area contributed by atoms with Gasteiger partial charge in [0.1, 0.15) is 0 Å². The summed E-state index contributed by atoms with van der Waals surface area (Å²) >= 11 is 0. The van der Waals surface area contributed by atoms with Crippen molar-refractivity contribution >= 4 is 27.1 Å². The molecule has 5 nitrogen and oxygen atoms in total. The van der Waals surface area contributed by atoms with Crippen molar-refractivity contribution in [3.63, 3.8) is 0 Å². The van der Waals surface area contributed by atoms with Gasteiger partial charge in [0, 0.05) is 10.9 Å². The van der Waals surface area contributed by atoms with Gasteiger partial charge in [-0.1, -0.05) is 71.6 Å². The molecule has 0 amide bonds. The summed E-state index contributed by atoms with van der Waals surface area (Å²) in [6, 6.07) is 24.6. The highest BCUT2D eigenvalue weighted by Gasteiger charge is 2.25. The first-order valence-electron chi connectivity index (χ1n) is 8.81. The van der Waals surface area contributed by atoms with Crippen LogP contribution in [0, 0.1) is 11.8 Å². The molecule has 0 aliphatic carbocycles. The first-order chi connectivity index (χ1) is 14.1. The Hall–Kier alpha value is -3.82. The minimum absolute atomic E-state index is 0.135. The van der Waals surface area contributed by atoms with Crippen LogP contribution in [0.5, 0.6) is 0 Å². The van der Waals surface area contributed by atoms with Crippen molar-refractivity contribution in [1.82, 2.24) is 3.97 Å². The summed E-state index contributed by atoms with van der Waals surface area (Å²) < 4.78 is 28.0. The largest absolute Gasteiger partial charge is 0.411 e. The molecule has 0 saturated carbocycles. The molecule has 1 heterocycles. The van der Waals surface area contributed by atoms with Crippen LogP contribution in [-0.4, -0.2) is 23.8 Å². The van der Waals surface area contributed by atoms with Gasteiger partial charge in [0.15, 0.2) is 0 Å². The van der Waals surface area contributed by atoms with Crippen LogP contribution in [0.15, 0.2) is 95.0 Å². The molecular formula is C23H16N2O3S. The predicted octanol–water partition coefficient (Wildman–Crippen LogP) is 4.09. The van der Waals surface area contributed by atoms with Crippen LogP contribution in [0.2, 0.25) is 0 Å². The molecule has 4 aromatic rings. The summed E-state index contributed by atoms with van der Waals surface area (Å²) in [6.07, 6.45) is 1.11. The first-order valence-corrected chi connectivity index (χ1v) is 10.3. The van der Waals surface area contributed by atoms with Gasteiger partial charge in [-0.3, -0.25) is 0 Å². The van der Waals surface area contributed by atoms with Gasteiger partial charge < -0.3 is 5.21 Å². The maximum Gasteiger partial charge on any atom is 0.268 e. The van der Waals surface area contributed by atoms with E-state index in [2.05, 4.69) is 17.0 Å². The Morgan fingerprint density at radius 2 is 1.45 bits per heavy atom. The van der Waals surface area contributed by atoms with Crippen LogP contribution in [0.25, 0.3) is 10.9 Å². The molecule has 0 unspecified atom stereocenters. The summed E-state index contributed by atoms with van der Waals surface area (Å²) in [5.74, 6) is 6.12. The number of rotatable bonds is 3. The van der Waals surface area contributed by atoms with Crippen LogP contribution in [0.1, 0.15) is 16.8 Å². The van der Waals surface area contributed by atoms with E-state index in [1.165, 1.54) is 16.1 Å². The summed E-state index contributed by atoms with van der Waals surface area (Å²) in [5.41, 5.74) is 1.92. The van der Waals surface area contributed by atoms with E-state index in [-0.39, 0.29) is 10.6 Å². The van der Waals surface area contributed by atoms with Crippen LogP contribution in [-0.2, 0) is 10.0 Å². The van der Waals surface area contributed by atoms with E-state index in [0.717, 1.165) is 11.8 Å². The Morgan fingerprint density at radius 1 is 0.828 bits per heavy atom. The molecule has 0 radical (unpaired) electrons. The smallest absolute Gasteiger partial charge is 0.268 e. The lowest BCUT2D eigenvalue weighted by Crippen LogP contribution is -2.16. The first kappa shape index (κ1) is 18.5. The minimum atomic E-state index is -3.93. The fraction of sp³-hybridized carbons (Fsp3) is 0. The monoisotopic (exact) mass is 400 g/mol. The molecular weight excluding hydrogens is 384 g/mol.